The lowest BCUT2D eigenvalue weighted by molar-refractivity contribution is -0.139. The molecule has 1 aliphatic heterocycles. The van der Waals surface area contributed by atoms with E-state index in [1.54, 1.807) is 37.3 Å². The van der Waals surface area contributed by atoms with Crippen LogP contribution >= 0.6 is 0 Å². The summed E-state index contributed by atoms with van der Waals surface area (Å²) in [7, 11) is 0. The Bertz CT molecular complexity index is 654. The lowest BCUT2D eigenvalue weighted by Gasteiger charge is -2.28. The largest absolute Gasteiger partial charge is 0.463 e. The summed E-state index contributed by atoms with van der Waals surface area (Å²) in [4.78, 5) is 36.0. The molecule has 128 valence electrons. The van der Waals surface area contributed by atoms with Crippen LogP contribution in [0.4, 0.5) is 4.79 Å². The first-order valence-electron chi connectivity index (χ1n) is 7.76. The third-order valence-corrected chi connectivity index (χ3v) is 3.50. The van der Waals surface area contributed by atoms with Crippen LogP contribution in [0.1, 0.15) is 30.6 Å². The fourth-order valence-electron chi connectivity index (χ4n) is 2.37. The Labute approximate surface area is 140 Å². The lowest BCUT2D eigenvalue weighted by atomic mass is 10.0. The summed E-state index contributed by atoms with van der Waals surface area (Å²) >= 11 is 0. The predicted octanol–water partition coefficient (Wildman–Crippen LogP) is 1.75. The van der Waals surface area contributed by atoms with Gasteiger partial charge in [-0.1, -0.05) is 25.1 Å². The van der Waals surface area contributed by atoms with Crippen LogP contribution in [0.15, 0.2) is 41.6 Å². The van der Waals surface area contributed by atoms with Crippen LogP contribution < -0.4 is 10.6 Å². The van der Waals surface area contributed by atoms with Gasteiger partial charge in [-0.25, -0.2) is 14.4 Å². The van der Waals surface area contributed by atoms with E-state index in [1.807, 2.05) is 6.92 Å². The molecule has 0 aliphatic carbocycles. The molecular weight excluding hydrogens is 312 g/mol. The van der Waals surface area contributed by atoms with Crippen LogP contribution in [0.3, 0.4) is 0 Å². The maximum Gasteiger partial charge on any atom is 0.338 e. The van der Waals surface area contributed by atoms with E-state index in [-0.39, 0.29) is 24.5 Å². The Kier molecular flexibility index (Phi) is 5.95. The van der Waals surface area contributed by atoms with E-state index >= 15 is 0 Å². The van der Waals surface area contributed by atoms with E-state index in [4.69, 9.17) is 9.47 Å². The van der Waals surface area contributed by atoms with E-state index in [1.165, 1.54) is 0 Å². The molecule has 0 radical (unpaired) electrons. The summed E-state index contributed by atoms with van der Waals surface area (Å²) in [5, 5.41) is 5.18. The second-order valence-electron chi connectivity index (χ2n) is 5.11. The molecule has 0 spiro atoms. The third-order valence-electron chi connectivity index (χ3n) is 3.50. The number of nitrogens with one attached hydrogen (secondary N) is 2. The van der Waals surface area contributed by atoms with Crippen molar-refractivity contribution in [2.45, 2.75) is 26.3 Å². The maximum atomic E-state index is 12.2. The number of urea groups is 1. The smallest absolute Gasteiger partial charge is 0.338 e. The number of benzene rings is 1. The van der Waals surface area contributed by atoms with E-state index < -0.39 is 24.0 Å². The molecular formula is C17H20N2O5. The minimum absolute atomic E-state index is 0.212. The zero-order valence-corrected chi connectivity index (χ0v) is 13.6. The van der Waals surface area contributed by atoms with E-state index in [0.717, 1.165) is 0 Å². The number of esters is 2. The van der Waals surface area contributed by atoms with Gasteiger partial charge in [-0.15, -0.1) is 0 Å². The third kappa shape index (κ3) is 4.13. The standard InChI is InChI=1S/C17H20N2O5/c1-3-12-14(16(21)23-4-2)13(19-17(22)18-12)10-24-15(20)11-8-6-5-7-9-11/h5-9,12H,3-4,10H2,1-2H3,(H2,18,19,22). The molecule has 0 aromatic heterocycles. The first-order chi connectivity index (χ1) is 11.6. The quantitative estimate of drug-likeness (QED) is 0.774. The molecule has 0 saturated heterocycles. The van der Waals surface area contributed by atoms with Crippen molar-refractivity contribution in [2.75, 3.05) is 13.2 Å². The van der Waals surface area contributed by atoms with Gasteiger partial charge in [0.2, 0.25) is 0 Å². The molecule has 1 aliphatic rings. The van der Waals surface area contributed by atoms with Gasteiger partial charge in [0.25, 0.3) is 0 Å². The molecule has 24 heavy (non-hydrogen) atoms. The van der Waals surface area contributed by atoms with E-state index in [0.29, 0.717) is 12.0 Å². The topological polar surface area (TPSA) is 93.7 Å². The van der Waals surface area contributed by atoms with Gasteiger partial charge in [-0.3, -0.25) is 0 Å². The fraction of sp³-hybridized carbons (Fsp3) is 0.353. The highest BCUT2D eigenvalue weighted by Gasteiger charge is 2.32. The van der Waals surface area contributed by atoms with Crippen molar-refractivity contribution >= 4 is 18.0 Å². The second kappa shape index (κ2) is 8.14. The van der Waals surface area contributed by atoms with Crippen molar-refractivity contribution in [2.24, 2.45) is 0 Å². The fourth-order valence-corrected chi connectivity index (χ4v) is 2.37. The Morgan fingerprint density at radius 1 is 1.08 bits per heavy atom. The summed E-state index contributed by atoms with van der Waals surface area (Å²) in [6.45, 7) is 3.53. The SMILES string of the molecule is CCOC(=O)C1=C(COC(=O)c2ccccc2)NC(=O)NC1CC. The maximum absolute atomic E-state index is 12.2. The molecule has 0 bridgehead atoms. The zero-order chi connectivity index (χ0) is 17.5. The molecule has 1 atom stereocenters. The Morgan fingerprint density at radius 3 is 2.42 bits per heavy atom. The highest BCUT2D eigenvalue weighted by molar-refractivity contribution is 5.95. The number of ether oxygens (including phenoxy) is 2. The normalized spacial score (nSPS) is 16.9. The molecule has 0 fully saturated rings. The summed E-state index contributed by atoms with van der Waals surface area (Å²) in [6, 6.07) is 7.55. The van der Waals surface area contributed by atoms with Crippen molar-refractivity contribution in [1.82, 2.24) is 10.6 Å². The highest BCUT2D eigenvalue weighted by atomic mass is 16.5. The first kappa shape index (κ1) is 17.5. The van der Waals surface area contributed by atoms with Crippen molar-refractivity contribution in [3.05, 3.63) is 47.2 Å². The van der Waals surface area contributed by atoms with Crippen molar-refractivity contribution in [1.29, 1.82) is 0 Å². The van der Waals surface area contributed by atoms with Crippen molar-refractivity contribution in [3.63, 3.8) is 0 Å². The minimum atomic E-state index is -0.539. The number of hydrogen-bond donors (Lipinski definition) is 2. The van der Waals surface area contributed by atoms with Crippen molar-refractivity contribution < 1.29 is 23.9 Å². The molecule has 1 aromatic rings. The monoisotopic (exact) mass is 332 g/mol. The molecule has 2 rings (SSSR count). The van der Waals surface area contributed by atoms with Gasteiger partial charge in [0.15, 0.2) is 0 Å². The number of hydrogen-bond acceptors (Lipinski definition) is 5. The van der Waals surface area contributed by atoms with Gasteiger partial charge in [-0.05, 0) is 25.5 Å². The molecule has 7 nitrogen and oxygen atoms in total. The van der Waals surface area contributed by atoms with Gasteiger partial charge < -0.3 is 20.1 Å². The van der Waals surface area contributed by atoms with Crippen molar-refractivity contribution in [3.8, 4) is 0 Å². The summed E-state index contributed by atoms with van der Waals surface area (Å²) in [5.74, 6) is -1.07. The van der Waals surface area contributed by atoms with Crippen LogP contribution in [0.5, 0.6) is 0 Å². The molecule has 1 unspecified atom stereocenters. The number of amides is 2. The number of rotatable bonds is 6. The molecule has 2 amide bonds. The predicted molar refractivity (Wildman–Crippen MR) is 86.1 cm³/mol. The van der Waals surface area contributed by atoms with E-state index in [2.05, 4.69) is 10.6 Å². The average molecular weight is 332 g/mol. The molecule has 7 heteroatoms. The highest BCUT2D eigenvalue weighted by Crippen LogP contribution is 2.17. The van der Waals surface area contributed by atoms with Crippen LogP contribution in [0.25, 0.3) is 0 Å². The van der Waals surface area contributed by atoms with Crippen LogP contribution in [0.2, 0.25) is 0 Å². The van der Waals surface area contributed by atoms with Gasteiger partial charge in [0, 0.05) is 0 Å². The Morgan fingerprint density at radius 2 is 1.79 bits per heavy atom. The zero-order valence-electron chi connectivity index (χ0n) is 13.6. The lowest BCUT2D eigenvalue weighted by Crippen LogP contribution is -2.51. The molecule has 1 heterocycles. The minimum Gasteiger partial charge on any atom is -0.463 e. The van der Waals surface area contributed by atoms with Gasteiger partial charge >= 0.3 is 18.0 Å². The van der Waals surface area contributed by atoms with Gasteiger partial charge in [0.1, 0.15) is 6.61 Å². The van der Waals surface area contributed by atoms with Crippen LogP contribution in [-0.2, 0) is 14.3 Å². The van der Waals surface area contributed by atoms with Gasteiger partial charge in [-0.2, -0.15) is 0 Å². The van der Waals surface area contributed by atoms with E-state index in [9.17, 15) is 14.4 Å². The summed E-state index contributed by atoms with van der Waals surface area (Å²) in [5.41, 5.74) is 0.913. The number of carbonyl (C=O) groups is 3. The van der Waals surface area contributed by atoms with Crippen LogP contribution in [-0.4, -0.2) is 37.2 Å². The second-order valence-corrected chi connectivity index (χ2v) is 5.11. The summed E-state index contributed by atoms with van der Waals surface area (Å²) < 4.78 is 10.3. The average Bonchev–Trinajstić information content (AvgIpc) is 2.59. The Balaban J connectivity index is 2.19. The molecule has 0 saturated carbocycles. The Hall–Kier alpha value is -2.83. The molecule has 2 N–H and O–H groups in total. The summed E-state index contributed by atoms with van der Waals surface area (Å²) in [6.07, 6.45) is 0.512. The number of carbonyl (C=O) groups excluding carboxylic acids is 3. The molecule has 1 aromatic carbocycles. The first-order valence-corrected chi connectivity index (χ1v) is 7.76. The van der Waals surface area contributed by atoms with Gasteiger partial charge in [0.05, 0.1) is 29.5 Å². The van der Waals surface area contributed by atoms with Crippen LogP contribution in [0, 0.1) is 0 Å².